The van der Waals surface area contributed by atoms with E-state index in [4.69, 9.17) is 39.5 Å². The fraction of sp³-hybridized carbons (Fsp3) is 0.235. The van der Waals surface area contributed by atoms with Gasteiger partial charge in [0.25, 0.3) is 5.91 Å². The number of rotatable bonds is 6. The van der Waals surface area contributed by atoms with Crippen molar-refractivity contribution in [3.63, 3.8) is 0 Å². The van der Waals surface area contributed by atoms with Crippen molar-refractivity contribution in [1.29, 1.82) is 0 Å². The van der Waals surface area contributed by atoms with Gasteiger partial charge in [0.1, 0.15) is 12.2 Å². The molecule has 0 bridgehead atoms. The maximum Gasteiger partial charge on any atom is 0.325 e. The molecule has 0 saturated carbocycles. The second-order valence-electron chi connectivity index (χ2n) is 5.03. The lowest BCUT2D eigenvalue weighted by Gasteiger charge is -2.22. The Morgan fingerprint density at radius 1 is 1.12 bits per heavy atom. The van der Waals surface area contributed by atoms with E-state index in [0.29, 0.717) is 0 Å². The molecule has 2 aromatic rings. The normalized spacial score (nSPS) is 10.4. The highest BCUT2D eigenvalue weighted by Gasteiger charge is 2.25. The average Bonchev–Trinajstić information content (AvgIpc) is 2.60. The minimum atomic E-state index is -0.541. The van der Waals surface area contributed by atoms with Crippen LogP contribution in [0.15, 0.2) is 36.5 Å². The number of halogens is 3. The van der Waals surface area contributed by atoms with Crippen LogP contribution in [0.2, 0.25) is 15.1 Å². The van der Waals surface area contributed by atoms with E-state index in [0.717, 1.165) is 5.56 Å². The van der Waals surface area contributed by atoms with E-state index in [9.17, 15) is 9.59 Å². The van der Waals surface area contributed by atoms with Gasteiger partial charge in [-0.05, 0) is 12.5 Å². The number of hydrogen-bond donors (Lipinski definition) is 0. The number of hydrogen-bond acceptors (Lipinski definition) is 4. The molecule has 0 N–H and O–H groups in total. The van der Waals surface area contributed by atoms with Crippen LogP contribution in [0.3, 0.4) is 0 Å². The molecule has 2 rings (SSSR count). The van der Waals surface area contributed by atoms with Crippen molar-refractivity contribution in [3.05, 3.63) is 62.9 Å². The van der Waals surface area contributed by atoms with Crippen LogP contribution in [0.1, 0.15) is 23.0 Å². The van der Waals surface area contributed by atoms with Crippen molar-refractivity contribution in [2.45, 2.75) is 13.5 Å². The SMILES string of the molecule is CCOC(=O)CN(Cc1ccccc1)C(=O)c1ncc(Cl)c(Cl)c1Cl. The van der Waals surface area contributed by atoms with Crippen LogP contribution in [-0.4, -0.2) is 34.9 Å². The number of benzene rings is 1. The van der Waals surface area contributed by atoms with Gasteiger partial charge in [-0.15, -0.1) is 0 Å². The molecular weight excluding hydrogens is 387 g/mol. The Kier molecular flexibility index (Phi) is 7.05. The largest absolute Gasteiger partial charge is 0.465 e. The predicted molar refractivity (Wildman–Crippen MR) is 97.1 cm³/mol. The van der Waals surface area contributed by atoms with Crippen molar-refractivity contribution in [1.82, 2.24) is 9.88 Å². The van der Waals surface area contributed by atoms with Crippen molar-refractivity contribution in [2.24, 2.45) is 0 Å². The summed E-state index contributed by atoms with van der Waals surface area (Å²) < 4.78 is 4.94. The summed E-state index contributed by atoms with van der Waals surface area (Å²) >= 11 is 17.9. The maximum absolute atomic E-state index is 12.8. The molecule has 1 heterocycles. The van der Waals surface area contributed by atoms with Gasteiger partial charge in [0.05, 0.1) is 21.7 Å². The van der Waals surface area contributed by atoms with Gasteiger partial charge in [-0.3, -0.25) is 9.59 Å². The minimum absolute atomic E-state index is 0.0393. The van der Waals surface area contributed by atoms with Crippen molar-refractivity contribution in [2.75, 3.05) is 13.2 Å². The summed E-state index contributed by atoms with van der Waals surface area (Å²) in [6, 6.07) is 9.22. The lowest BCUT2D eigenvalue weighted by molar-refractivity contribution is -0.143. The van der Waals surface area contributed by atoms with E-state index in [1.54, 1.807) is 6.92 Å². The molecule has 25 heavy (non-hydrogen) atoms. The number of ether oxygens (including phenoxy) is 1. The van der Waals surface area contributed by atoms with E-state index in [1.165, 1.54) is 11.1 Å². The highest BCUT2D eigenvalue weighted by atomic mass is 35.5. The number of aromatic nitrogens is 1. The average molecular weight is 402 g/mol. The predicted octanol–water partition coefficient (Wildman–Crippen LogP) is 4.25. The van der Waals surface area contributed by atoms with Crippen LogP contribution in [0.5, 0.6) is 0 Å². The highest BCUT2D eigenvalue weighted by molar-refractivity contribution is 6.48. The fourth-order valence-corrected chi connectivity index (χ4v) is 2.67. The fourth-order valence-electron chi connectivity index (χ4n) is 2.11. The summed E-state index contributed by atoms with van der Waals surface area (Å²) in [5.41, 5.74) is 0.771. The van der Waals surface area contributed by atoms with Gasteiger partial charge in [0.2, 0.25) is 0 Å². The van der Waals surface area contributed by atoms with E-state index < -0.39 is 11.9 Å². The second-order valence-corrected chi connectivity index (χ2v) is 6.20. The molecule has 0 unspecified atom stereocenters. The molecule has 1 aromatic heterocycles. The molecule has 0 aliphatic heterocycles. The smallest absolute Gasteiger partial charge is 0.325 e. The Morgan fingerprint density at radius 3 is 2.44 bits per heavy atom. The van der Waals surface area contributed by atoms with Gasteiger partial charge in [-0.2, -0.15) is 0 Å². The number of esters is 1. The zero-order valence-corrected chi connectivity index (χ0v) is 15.6. The molecule has 0 atom stereocenters. The van der Waals surface area contributed by atoms with Crippen molar-refractivity contribution < 1.29 is 14.3 Å². The van der Waals surface area contributed by atoms with Gasteiger partial charge in [-0.1, -0.05) is 65.1 Å². The van der Waals surface area contributed by atoms with E-state index >= 15 is 0 Å². The summed E-state index contributed by atoms with van der Waals surface area (Å²) in [6.45, 7) is 1.87. The topological polar surface area (TPSA) is 59.5 Å². The van der Waals surface area contributed by atoms with E-state index in [1.807, 2.05) is 30.3 Å². The summed E-state index contributed by atoms with van der Waals surface area (Å²) in [5, 5.41) is 0.127. The maximum atomic E-state index is 12.8. The monoisotopic (exact) mass is 400 g/mol. The molecule has 1 amide bonds. The number of carbonyl (C=O) groups is 2. The zero-order chi connectivity index (χ0) is 18.4. The number of amides is 1. The van der Waals surface area contributed by atoms with Crippen LogP contribution in [0.25, 0.3) is 0 Å². The molecule has 0 radical (unpaired) electrons. The first-order valence-electron chi connectivity index (χ1n) is 7.42. The van der Waals surface area contributed by atoms with Crippen LogP contribution < -0.4 is 0 Å². The molecule has 0 aliphatic carbocycles. The van der Waals surface area contributed by atoms with Gasteiger partial charge < -0.3 is 9.64 Å². The second kappa shape index (κ2) is 9.04. The number of carbonyl (C=O) groups excluding carboxylic acids is 2. The van der Waals surface area contributed by atoms with E-state index in [2.05, 4.69) is 4.98 Å². The van der Waals surface area contributed by atoms with Crippen molar-refractivity contribution in [3.8, 4) is 0 Å². The van der Waals surface area contributed by atoms with Gasteiger partial charge >= 0.3 is 5.97 Å². The molecule has 1 aromatic carbocycles. The molecule has 5 nitrogen and oxygen atoms in total. The molecule has 132 valence electrons. The Morgan fingerprint density at radius 2 is 1.80 bits per heavy atom. The Bertz CT molecular complexity index is 769. The lowest BCUT2D eigenvalue weighted by Crippen LogP contribution is -2.36. The van der Waals surface area contributed by atoms with Gasteiger partial charge in [0, 0.05) is 12.7 Å². The number of nitrogens with zero attached hydrogens (tertiary/aromatic N) is 2. The quantitative estimate of drug-likeness (QED) is 0.679. The van der Waals surface area contributed by atoms with Crippen LogP contribution in [-0.2, 0) is 16.1 Å². The molecule has 0 aliphatic rings. The molecular formula is C17H15Cl3N2O3. The summed E-state index contributed by atoms with van der Waals surface area (Å²) in [7, 11) is 0. The van der Waals surface area contributed by atoms with Crippen molar-refractivity contribution >= 4 is 46.7 Å². The first kappa shape index (κ1) is 19.5. The first-order valence-corrected chi connectivity index (χ1v) is 8.55. The standard InChI is InChI=1S/C17H15Cl3N2O3/c1-2-25-13(23)10-22(9-11-6-4-3-5-7-11)17(24)16-15(20)14(19)12(18)8-21-16/h3-8H,2,9-10H2,1H3. The van der Waals surface area contributed by atoms with Gasteiger partial charge in [0.15, 0.2) is 0 Å². The van der Waals surface area contributed by atoms with Crippen LogP contribution in [0.4, 0.5) is 0 Å². The Balaban J connectivity index is 2.32. The van der Waals surface area contributed by atoms with E-state index in [-0.39, 0.29) is 40.5 Å². The third-order valence-electron chi connectivity index (χ3n) is 3.25. The molecule has 0 spiro atoms. The van der Waals surface area contributed by atoms with Gasteiger partial charge in [-0.25, -0.2) is 4.98 Å². The molecule has 0 fully saturated rings. The number of pyridine rings is 1. The highest BCUT2D eigenvalue weighted by Crippen LogP contribution is 2.31. The summed E-state index contributed by atoms with van der Waals surface area (Å²) in [6.07, 6.45) is 1.24. The molecule has 0 saturated heterocycles. The third-order valence-corrected chi connectivity index (χ3v) is 4.49. The van der Waals surface area contributed by atoms with Crippen LogP contribution in [0, 0.1) is 0 Å². The van der Waals surface area contributed by atoms with Crippen LogP contribution >= 0.6 is 34.8 Å². The summed E-state index contributed by atoms with van der Waals surface area (Å²) in [4.78, 5) is 30.0. The lowest BCUT2D eigenvalue weighted by atomic mass is 10.2. The first-order chi connectivity index (χ1) is 11.9. The molecule has 8 heteroatoms. The third kappa shape index (κ3) is 5.08. The zero-order valence-electron chi connectivity index (χ0n) is 13.3. The Hall–Kier alpha value is -1.82. The minimum Gasteiger partial charge on any atom is -0.465 e. The Labute approximate surface area is 160 Å². The summed E-state index contributed by atoms with van der Waals surface area (Å²) in [5.74, 6) is -1.07.